The monoisotopic (exact) mass is 322 g/mol. The van der Waals surface area contributed by atoms with Gasteiger partial charge >= 0.3 is 0 Å². The van der Waals surface area contributed by atoms with E-state index in [9.17, 15) is 14.3 Å². The Morgan fingerprint density at radius 2 is 2.14 bits per heavy atom. The van der Waals surface area contributed by atoms with E-state index in [4.69, 9.17) is 11.6 Å². The summed E-state index contributed by atoms with van der Waals surface area (Å²) in [5.41, 5.74) is 1.89. The molecule has 3 aliphatic carbocycles. The minimum absolute atomic E-state index is 0.138. The lowest BCUT2D eigenvalue weighted by Gasteiger charge is -2.48. The fourth-order valence-electron chi connectivity index (χ4n) is 5.33. The summed E-state index contributed by atoms with van der Waals surface area (Å²) in [6, 6.07) is 3.66. The second-order valence-electron chi connectivity index (χ2n) is 7.44. The first kappa shape index (κ1) is 14.5. The molecule has 118 valence electrons. The molecule has 0 heterocycles. The molecule has 1 aromatic rings. The largest absolute Gasteiger partial charge is 0.506 e. The summed E-state index contributed by atoms with van der Waals surface area (Å²) in [6.07, 6.45) is 2.62. The second-order valence-corrected chi connectivity index (χ2v) is 7.85. The first-order valence-corrected chi connectivity index (χ1v) is 8.49. The first-order chi connectivity index (χ1) is 10.4. The molecule has 4 rings (SSSR count). The lowest BCUT2D eigenvalue weighted by atomic mass is 9.55. The van der Waals surface area contributed by atoms with E-state index in [2.05, 4.69) is 0 Å². The molecule has 5 atom stereocenters. The molecule has 4 heteroatoms. The molecular weight excluding hydrogens is 303 g/mol. The number of carbonyl (C=O) groups is 1. The Morgan fingerprint density at radius 1 is 1.36 bits per heavy atom. The quantitative estimate of drug-likeness (QED) is 0.767. The van der Waals surface area contributed by atoms with Gasteiger partial charge in [-0.3, -0.25) is 4.79 Å². The van der Waals surface area contributed by atoms with Crippen LogP contribution in [0, 0.1) is 17.3 Å². The number of phenolic OH excluding ortho intramolecular Hbond substituents is 1. The minimum atomic E-state index is -1.28. The number of rotatable bonds is 0. The zero-order valence-corrected chi connectivity index (χ0v) is 13.4. The van der Waals surface area contributed by atoms with Crippen molar-refractivity contribution in [2.24, 2.45) is 17.3 Å². The number of aromatic hydroxyl groups is 1. The van der Waals surface area contributed by atoms with Gasteiger partial charge in [-0.1, -0.05) is 18.5 Å². The molecule has 2 nitrogen and oxygen atoms in total. The van der Waals surface area contributed by atoms with Gasteiger partial charge < -0.3 is 5.11 Å². The third-order valence-electron chi connectivity index (χ3n) is 6.49. The van der Waals surface area contributed by atoms with Crippen LogP contribution in [0.5, 0.6) is 5.75 Å². The number of ketones is 1. The molecular formula is C18H20ClFO2. The Bertz CT molecular complexity index is 659. The average molecular weight is 323 g/mol. The van der Waals surface area contributed by atoms with Gasteiger partial charge in [0.1, 0.15) is 5.75 Å². The van der Waals surface area contributed by atoms with Crippen molar-refractivity contribution in [2.45, 2.75) is 51.1 Å². The number of aryl methyl sites for hydroxylation is 1. The van der Waals surface area contributed by atoms with Crippen molar-refractivity contribution in [2.75, 3.05) is 0 Å². The molecule has 1 aromatic carbocycles. The highest BCUT2D eigenvalue weighted by Gasteiger charge is 2.58. The van der Waals surface area contributed by atoms with Crippen molar-refractivity contribution in [3.63, 3.8) is 0 Å². The maximum Gasteiger partial charge on any atom is 0.173 e. The number of hydrogen-bond donors (Lipinski definition) is 1. The molecule has 0 aromatic heterocycles. The van der Waals surface area contributed by atoms with E-state index in [1.165, 1.54) is 5.56 Å². The van der Waals surface area contributed by atoms with Gasteiger partial charge in [-0.05, 0) is 73.1 Å². The summed E-state index contributed by atoms with van der Waals surface area (Å²) in [6.45, 7) is 1.97. The molecule has 1 N–H and O–H groups in total. The van der Waals surface area contributed by atoms with Crippen molar-refractivity contribution in [1.29, 1.82) is 0 Å². The van der Waals surface area contributed by atoms with Crippen LogP contribution in [0.2, 0.25) is 5.02 Å². The Morgan fingerprint density at radius 3 is 2.91 bits per heavy atom. The van der Waals surface area contributed by atoms with Crippen LogP contribution >= 0.6 is 11.6 Å². The number of fused-ring (bicyclic) bond motifs is 5. The molecule has 0 aliphatic heterocycles. The number of benzene rings is 1. The number of halogens is 2. The molecule has 0 saturated heterocycles. The van der Waals surface area contributed by atoms with Gasteiger partial charge in [0.15, 0.2) is 12.0 Å². The van der Waals surface area contributed by atoms with Crippen LogP contribution in [-0.4, -0.2) is 17.1 Å². The van der Waals surface area contributed by atoms with Gasteiger partial charge in [0.05, 0.1) is 5.02 Å². The van der Waals surface area contributed by atoms with E-state index < -0.39 is 11.6 Å². The third kappa shape index (κ3) is 1.81. The highest BCUT2D eigenvalue weighted by atomic mass is 35.5. The van der Waals surface area contributed by atoms with E-state index >= 15 is 0 Å². The van der Waals surface area contributed by atoms with Crippen LogP contribution in [0.3, 0.4) is 0 Å². The predicted molar refractivity (Wildman–Crippen MR) is 83.0 cm³/mol. The summed E-state index contributed by atoms with van der Waals surface area (Å²) in [4.78, 5) is 12.3. The number of Topliss-reactive ketones (excluding diaryl/α,β-unsaturated/α-hetero) is 1. The zero-order valence-electron chi connectivity index (χ0n) is 12.6. The Hall–Kier alpha value is -1.09. The SMILES string of the molecule is C[C@]12CC[C@@H]3c4cc(Cl)c(O)cc4CC[C@H]3[C@@H]1C[C@H](F)C2=O. The van der Waals surface area contributed by atoms with Crippen LogP contribution in [0.25, 0.3) is 0 Å². The molecule has 2 fully saturated rings. The molecule has 0 bridgehead atoms. The maximum atomic E-state index is 14.0. The van der Waals surface area contributed by atoms with Crippen molar-refractivity contribution in [3.8, 4) is 5.75 Å². The smallest absolute Gasteiger partial charge is 0.173 e. The fraction of sp³-hybridized carbons (Fsp3) is 0.611. The predicted octanol–water partition coefficient (Wildman–Crippen LogP) is 4.42. The van der Waals surface area contributed by atoms with E-state index in [0.717, 1.165) is 31.2 Å². The molecule has 0 radical (unpaired) electrons. The molecule has 0 spiro atoms. The third-order valence-corrected chi connectivity index (χ3v) is 6.79. The summed E-state index contributed by atoms with van der Waals surface area (Å²) >= 11 is 6.10. The van der Waals surface area contributed by atoms with Crippen LogP contribution in [0.1, 0.15) is 49.7 Å². The summed E-state index contributed by atoms with van der Waals surface area (Å²) in [5.74, 6) is 0.814. The zero-order chi connectivity index (χ0) is 15.6. The van der Waals surface area contributed by atoms with Crippen molar-refractivity contribution >= 4 is 17.4 Å². The van der Waals surface area contributed by atoms with Crippen molar-refractivity contribution in [3.05, 3.63) is 28.3 Å². The Labute approximate surface area is 134 Å². The number of hydrogen-bond acceptors (Lipinski definition) is 2. The average Bonchev–Trinajstić information content (AvgIpc) is 2.72. The standard InChI is InChI=1S/C18H20ClFO2/c1-18-5-4-10-11(13(18)8-15(20)17(18)22)3-2-9-6-16(21)14(19)7-12(9)10/h6-7,10-11,13,15,21H,2-5,8H2,1H3/t10-,11+,13-,15-,18-/m0/s1. The maximum absolute atomic E-state index is 14.0. The van der Waals surface area contributed by atoms with Crippen LogP contribution < -0.4 is 0 Å². The van der Waals surface area contributed by atoms with Gasteiger partial charge in [0, 0.05) is 5.41 Å². The van der Waals surface area contributed by atoms with Gasteiger partial charge in [-0.25, -0.2) is 4.39 Å². The van der Waals surface area contributed by atoms with E-state index in [1.54, 1.807) is 6.07 Å². The number of alkyl halides is 1. The lowest BCUT2D eigenvalue weighted by molar-refractivity contribution is -0.132. The topological polar surface area (TPSA) is 37.3 Å². The van der Waals surface area contributed by atoms with E-state index in [-0.39, 0.29) is 17.5 Å². The fourth-order valence-corrected chi connectivity index (χ4v) is 5.50. The number of carbonyl (C=O) groups excluding carboxylic acids is 1. The lowest BCUT2D eigenvalue weighted by Crippen LogP contribution is -2.42. The summed E-state index contributed by atoms with van der Waals surface area (Å²) in [7, 11) is 0. The highest BCUT2D eigenvalue weighted by Crippen LogP contribution is 2.60. The molecule has 3 aliphatic rings. The van der Waals surface area contributed by atoms with Gasteiger partial charge in [0.2, 0.25) is 0 Å². The highest BCUT2D eigenvalue weighted by molar-refractivity contribution is 6.32. The van der Waals surface area contributed by atoms with Crippen molar-refractivity contribution < 1.29 is 14.3 Å². The number of phenols is 1. The van der Waals surface area contributed by atoms with Gasteiger partial charge in [-0.2, -0.15) is 0 Å². The van der Waals surface area contributed by atoms with Crippen LogP contribution in [0.4, 0.5) is 4.39 Å². The van der Waals surface area contributed by atoms with Gasteiger partial charge in [-0.15, -0.1) is 0 Å². The second kappa shape index (κ2) is 4.70. The van der Waals surface area contributed by atoms with E-state index in [1.807, 2.05) is 13.0 Å². The Balaban J connectivity index is 1.74. The minimum Gasteiger partial charge on any atom is -0.506 e. The summed E-state index contributed by atoms with van der Waals surface area (Å²) < 4.78 is 14.0. The Kier molecular flexibility index (Phi) is 3.10. The van der Waals surface area contributed by atoms with Crippen LogP contribution in [-0.2, 0) is 11.2 Å². The first-order valence-electron chi connectivity index (χ1n) is 8.11. The molecule has 22 heavy (non-hydrogen) atoms. The summed E-state index contributed by atoms with van der Waals surface area (Å²) in [5, 5.41) is 10.2. The van der Waals surface area contributed by atoms with Crippen LogP contribution in [0.15, 0.2) is 12.1 Å². The molecule has 0 unspecified atom stereocenters. The van der Waals surface area contributed by atoms with Gasteiger partial charge in [0.25, 0.3) is 0 Å². The molecule has 0 amide bonds. The normalized spacial score (nSPS) is 40.0. The molecule has 2 saturated carbocycles. The van der Waals surface area contributed by atoms with E-state index in [0.29, 0.717) is 23.3 Å². The van der Waals surface area contributed by atoms with Crippen molar-refractivity contribution in [1.82, 2.24) is 0 Å².